The Balaban J connectivity index is 1.48. The Hall–Kier alpha value is -3.64. The first-order valence-electron chi connectivity index (χ1n) is 18.3. The highest BCUT2D eigenvalue weighted by molar-refractivity contribution is 5.53. The second kappa shape index (κ2) is 15.7. The average molecular weight is 647 g/mol. The summed E-state index contributed by atoms with van der Waals surface area (Å²) >= 11 is 0. The van der Waals surface area contributed by atoms with E-state index in [4.69, 9.17) is 0 Å². The third-order valence-electron chi connectivity index (χ3n) is 11.1. The Morgan fingerprint density at radius 1 is 0.500 bits per heavy atom. The van der Waals surface area contributed by atoms with Gasteiger partial charge in [-0.2, -0.15) is 0 Å². The van der Waals surface area contributed by atoms with Crippen molar-refractivity contribution in [3.63, 3.8) is 0 Å². The molecule has 0 atom stereocenters. The molecule has 6 rings (SSSR count). The minimum absolute atomic E-state index is 0.318. The number of likely N-dealkylation sites (tertiary alicyclic amines) is 2. The summed E-state index contributed by atoms with van der Waals surface area (Å²) in [6, 6.07) is 31.9. The summed E-state index contributed by atoms with van der Waals surface area (Å²) in [7, 11) is 0. The van der Waals surface area contributed by atoms with Crippen LogP contribution in [0.5, 0.6) is 11.5 Å². The lowest BCUT2D eigenvalue weighted by atomic mass is 9.67. The molecule has 0 spiro atoms. The quantitative estimate of drug-likeness (QED) is 0.152. The maximum absolute atomic E-state index is 12.7. The molecule has 254 valence electrons. The van der Waals surface area contributed by atoms with E-state index in [9.17, 15) is 15.3 Å². The van der Waals surface area contributed by atoms with E-state index in [-0.39, 0.29) is 0 Å². The molecule has 0 amide bonds. The van der Waals surface area contributed by atoms with Gasteiger partial charge >= 0.3 is 0 Å². The van der Waals surface area contributed by atoms with Crippen molar-refractivity contribution < 1.29 is 15.3 Å². The van der Waals surface area contributed by atoms with Crippen LogP contribution >= 0.6 is 0 Å². The van der Waals surface area contributed by atoms with Crippen LogP contribution in [0.4, 0.5) is 0 Å². The summed E-state index contributed by atoms with van der Waals surface area (Å²) in [5.41, 5.74) is 3.91. The number of aliphatic hydroxyl groups is 1. The highest BCUT2D eigenvalue weighted by Crippen LogP contribution is 2.47. The normalized spacial score (nSPS) is 17.1. The first-order valence-corrected chi connectivity index (χ1v) is 18.3. The van der Waals surface area contributed by atoms with E-state index < -0.39 is 11.0 Å². The molecule has 0 aromatic heterocycles. The zero-order valence-electron chi connectivity index (χ0n) is 28.8. The Labute approximate surface area is 287 Å². The summed E-state index contributed by atoms with van der Waals surface area (Å²) in [5, 5.41) is 35.9. The maximum Gasteiger partial charge on any atom is 0.120 e. The average Bonchev–Trinajstić information content (AvgIpc) is 3.55. The van der Waals surface area contributed by atoms with Crippen LogP contribution in [0.3, 0.4) is 0 Å². The van der Waals surface area contributed by atoms with Gasteiger partial charge in [0.1, 0.15) is 17.1 Å². The molecule has 4 aromatic rings. The second-order valence-corrected chi connectivity index (χ2v) is 14.4. The Kier molecular flexibility index (Phi) is 11.2. The Bertz CT molecular complexity index is 1480. The van der Waals surface area contributed by atoms with Crippen LogP contribution in [-0.4, -0.2) is 51.3 Å². The Morgan fingerprint density at radius 2 is 0.896 bits per heavy atom. The highest BCUT2D eigenvalue weighted by atomic mass is 16.3. The predicted octanol–water partition coefficient (Wildman–Crippen LogP) is 8.87. The number of phenolic OH excluding ortho intramolecular Hbond substituents is 2. The van der Waals surface area contributed by atoms with Crippen molar-refractivity contribution in [1.82, 2.24) is 9.80 Å². The third-order valence-corrected chi connectivity index (χ3v) is 11.1. The minimum atomic E-state index is -1.23. The van der Waals surface area contributed by atoms with Crippen molar-refractivity contribution >= 4 is 0 Å². The van der Waals surface area contributed by atoms with Crippen molar-refractivity contribution in [3.05, 3.63) is 130 Å². The standard InChI is InChI=1S/C43H54N2O3/c1-42(38-22-16-24-40(46)36(38)32-44-28-12-2-3-13-29-44,39-23-17-25-41(47)37(39)33-45-30-14-4-5-15-31-45)26-27-43(48,34-18-8-6-9-19-34)35-20-10-7-11-21-35/h6-11,16-25,46-48H,2-5,12-15,26-33H2,1H3. The van der Waals surface area contributed by atoms with E-state index in [1.807, 2.05) is 84.9 Å². The van der Waals surface area contributed by atoms with Crippen LogP contribution in [0.2, 0.25) is 0 Å². The molecule has 5 heteroatoms. The van der Waals surface area contributed by atoms with Gasteiger partial charge < -0.3 is 15.3 Å². The van der Waals surface area contributed by atoms with Crippen LogP contribution < -0.4 is 0 Å². The second-order valence-electron chi connectivity index (χ2n) is 14.4. The fourth-order valence-corrected chi connectivity index (χ4v) is 8.28. The van der Waals surface area contributed by atoms with Gasteiger partial charge in [0.05, 0.1) is 0 Å². The van der Waals surface area contributed by atoms with Crippen molar-refractivity contribution in [2.45, 2.75) is 95.2 Å². The van der Waals surface area contributed by atoms with E-state index in [1.165, 1.54) is 51.4 Å². The molecule has 0 bridgehead atoms. The molecule has 5 nitrogen and oxygen atoms in total. The molecule has 2 fully saturated rings. The fourth-order valence-electron chi connectivity index (χ4n) is 8.28. The number of phenols is 2. The molecule has 0 aliphatic carbocycles. The van der Waals surface area contributed by atoms with Gasteiger partial charge in [0.2, 0.25) is 0 Å². The van der Waals surface area contributed by atoms with Gasteiger partial charge in [0.15, 0.2) is 0 Å². The van der Waals surface area contributed by atoms with E-state index in [0.717, 1.165) is 59.6 Å². The molecule has 0 radical (unpaired) electrons. The van der Waals surface area contributed by atoms with Crippen molar-refractivity contribution in [2.75, 3.05) is 26.2 Å². The SMILES string of the molecule is CC(CCC(O)(c1ccccc1)c1ccccc1)(c1cccc(O)c1CN1CCCCCC1)c1cccc(O)c1CN1CCCCCC1. The largest absolute Gasteiger partial charge is 0.508 e. The molecule has 48 heavy (non-hydrogen) atoms. The number of nitrogens with zero attached hydrogens (tertiary/aromatic N) is 2. The lowest BCUT2D eigenvalue weighted by Gasteiger charge is -2.39. The van der Waals surface area contributed by atoms with Crippen molar-refractivity contribution in [1.29, 1.82) is 0 Å². The lowest BCUT2D eigenvalue weighted by Crippen LogP contribution is -2.35. The molecule has 0 saturated carbocycles. The van der Waals surface area contributed by atoms with Gasteiger partial charge in [0.25, 0.3) is 0 Å². The summed E-state index contributed by atoms with van der Waals surface area (Å²) < 4.78 is 0. The molecular weight excluding hydrogens is 592 g/mol. The topological polar surface area (TPSA) is 67.2 Å². The van der Waals surface area contributed by atoms with Gasteiger partial charge in [-0.1, -0.05) is 118 Å². The van der Waals surface area contributed by atoms with Crippen LogP contribution in [0.15, 0.2) is 97.1 Å². The van der Waals surface area contributed by atoms with Crippen molar-refractivity contribution in [3.8, 4) is 11.5 Å². The molecule has 2 saturated heterocycles. The van der Waals surface area contributed by atoms with Crippen molar-refractivity contribution in [2.24, 2.45) is 0 Å². The molecule has 2 aliphatic rings. The van der Waals surface area contributed by atoms with Crippen LogP contribution in [-0.2, 0) is 24.1 Å². The summed E-state index contributed by atoms with van der Waals surface area (Å²) in [6.45, 7) is 7.73. The molecule has 0 unspecified atom stereocenters. The predicted molar refractivity (Wildman–Crippen MR) is 195 cm³/mol. The molecule has 2 heterocycles. The molecule has 3 N–H and O–H groups in total. The molecule has 4 aromatic carbocycles. The van der Waals surface area contributed by atoms with E-state index in [1.54, 1.807) is 0 Å². The van der Waals surface area contributed by atoms with Gasteiger partial charge in [-0.05, 0) is 99.1 Å². The monoisotopic (exact) mass is 646 g/mol. The van der Waals surface area contributed by atoms with Gasteiger partial charge in [-0.25, -0.2) is 0 Å². The van der Waals surface area contributed by atoms with Crippen LogP contribution in [0.1, 0.15) is 105 Å². The number of rotatable bonds is 11. The van der Waals surface area contributed by atoms with Gasteiger partial charge in [-0.15, -0.1) is 0 Å². The zero-order valence-corrected chi connectivity index (χ0v) is 28.8. The van der Waals surface area contributed by atoms with Crippen LogP contribution in [0, 0.1) is 0 Å². The van der Waals surface area contributed by atoms with Crippen LogP contribution in [0.25, 0.3) is 0 Å². The smallest absolute Gasteiger partial charge is 0.120 e. The summed E-state index contributed by atoms with van der Waals surface area (Å²) in [4.78, 5) is 4.99. The summed E-state index contributed by atoms with van der Waals surface area (Å²) in [5.74, 6) is 0.636. The fraction of sp³-hybridized carbons (Fsp3) is 0.442. The number of hydrogen-bond donors (Lipinski definition) is 3. The van der Waals surface area contributed by atoms with Gasteiger partial charge in [0, 0.05) is 29.6 Å². The zero-order chi connectivity index (χ0) is 33.4. The number of aromatic hydroxyl groups is 2. The summed E-state index contributed by atoms with van der Waals surface area (Å²) in [6.07, 6.45) is 10.8. The van der Waals surface area contributed by atoms with E-state index in [2.05, 4.69) is 28.9 Å². The highest BCUT2D eigenvalue weighted by Gasteiger charge is 2.40. The minimum Gasteiger partial charge on any atom is -0.508 e. The van der Waals surface area contributed by atoms with Gasteiger partial charge in [-0.3, -0.25) is 9.80 Å². The van der Waals surface area contributed by atoms with E-state index in [0.29, 0.717) is 37.4 Å². The number of hydrogen-bond acceptors (Lipinski definition) is 5. The Morgan fingerprint density at radius 3 is 1.29 bits per heavy atom. The lowest BCUT2D eigenvalue weighted by molar-refractivity contribution is 0.0633. The first-order chi connectivity index (χ1) is 23.4. The molecule has 2 aliphatic heterocycles. The number of benzene rings is 4. The molecular formula is C43H54N2O3. The van der Waals surface area contributed by atoms with E-state index >= 15 is 0 Å². The third kappa shape index (κ3) is 7.64. The maximum atomic E-state index is 12.7. The first kappa shape index (κ1) is 34.2.